The number of rotatable bonds is 5. The van der Waals surface area contributed by atoms with Crippen molar-refractivity contribution < 1.29 is 8.42 Å². The highest BCUT2D eigenvalue weighted by molar-refractivity contribution is 9.11. The first-order valence-corrected chi connectivity index (χ1v) is 10.6. The number of aryl methyl sites for hydroxylation is 1. The molecule has 0 saturated heterocycles. The molecule has 8 heteroatoms. The lowest BCUT2D eigenvalue weighted by molar-refractivity contribution is 0.508. The normalized spacial score (nSPS) is 12.7. The van der Waals surface area contributed by atoms with Crippen LogP contribution in [0.2, 0.25) is 0 Å². The molecule has 0 bridgehead atoms. The molecule has 0 saturated carbocycles. The number of hydrogen-bond acceptors (Lipinski definition) is 2. The van der Waals surface area contributed by atoms with Crippen LogP contribution >= 0.6 is 63.7 Å². The van der Waals surface area contributed by atoms with Crippen LogP contribution in [0.15, 0.2) is 26.0 Å². The second-order valence-electron chi connectivity index (χ2n) is 4.47. The molecule has 1 rings (SSSR count). The molecule has 0 heterocycles. The zero-order chi connectivity index (χ0) is 14.8. The van der Waals surface area contributed by atoms with Gasteiger partial charge in [-0.1, -0.05) is 47.8 Å². The second kappa shape index (κ2) is 6.87. The molecule has 0 unspecified atom stereocenters. The highest BCUT2D eigenvalue weighted by Gasteiger charge is 2.30. The molecule has 3 nitrogen and oxygen atoms in total. The summed E-state index contributed by atoms with van der Waals surface area (Å²) in [5.41, 5.74) is 0.380. The minimum Gasteiger partial charge on any atom is -0.207 e. The molecule has 19 heavy (non-hydrogen) atoms. The van der Waals surface area contributed by atoms with E-state index in [-0.39, 0.29) is 4.90 Å². The Morgan fingerprint density at radius 1 is 1.16 bits per heavy atom. The number of hydrogen-bond donors (Lipinski definition) is 1. The van der Waals surface area contributed by atoms with Crippen molar-refractivity contribution in [3.63, 3.8) is 0 Å². The molecule has 0 fully saturated rings. The van der Waals surface area contributed by atoms with E-state index in [0.29, 0.717) is 15.1 Å². The summed E-state index contributed by atoms with van der Waals surface area (Å²) in [5.74, 6) is 0. The third-order valence-corrected chi connectivity index (χ3v) is 8.40. The van der Waals surface area contributed by atoms with E-state index < -0.39 is 15.6 Å². The highest BCUT2D eigenvalue weighted by atomic mass is 79.9. The van der Waals surface area contributed by atoms with E-state index in [1.807, 2.05) is 13.8 Å². The Kier molecular flexibility index (Phi) is 6.55. The Labute approximate surface area is 147 Å². The lowest BCUT2D eigenvalue weighted by Gasteiger charge is -2.26. The van der Waals surface area contributed by atoms with Crippen LogP contribution in [-0.4, -0.2) is 24.6 Å². The topological polar surface area (TPSA) is 46.2 Å². The maximum absolute atomic E-state index is 12.4. The minimum atomic E-state index is -3.60. The summed E-state index contributed by atoms with van der Waals surface area (Å²) < 4.78 is 28.9. The smallest absolute Gasteiger partial charge is 0.207 e. The van der Waals surface area contributed by atoms with E-state index in [2.05, 4.69) is 68.4 Å². The number of nitrogens with one attached hydrogen (secondary N) is 1. The van der Waals surface area contributed by atoms with Gasteiger partial charge in [0.1, 0.15) is 0 Å². The van der Waals surface area contributed by atoms with Gasteiger partial charge >= 0.3 is 0 Å². The van der Waals surface area contributed by atoms with E-state index in [9.17, 15) is 8.42 Å². The Morgan fingerprint density at radius 3 is 2.16 bits per heavy atom. The molecule has 0 atom stereocenters. The summed E-state index contributed by atoms with van der Waals surface area (Å²) in [7, 11) is -3.60. The van der Waals surface area contributed by atoms with Gasteiger partial charge in [0.15, 0.2) is 0 Å². The van der Waals surface area contributed by atoms with Crippen molar-refractivity contribution in [1.29, 1.82) is 0 Å². The monoisotopic (exact) mass is 539 g/mol. The largest absolute Gasteiger partial charge is 0.242 e. The molecule has 1 aromatic carbocycles. The number of sulfonamides is 1. The average Bonchev–Trinajstić information content (AvgIpc) is 2.33. The molecule has 1 N–H and O–H groups in total. The molecule has 0 amide bonds. The maximum Gasteiger partial charge on any atom is 0.242 e. The predicted molar refractivity (Wildman–Crippen MR) is 92.9 cm³/mol. The number of halogens is 4. The van der Waals surface area contributed by atoms with Crippen LogP contribution in [-0.2, 0) is 10.0 Å². The van der Waals surface area contributed by atoms with Crippen LogP contribution in [0.4, 0.5) is 0 Å². The lowest BCUT2D eigenvalue weighted by Crippen LogP contribution is -2.48. The Bertz CT molecular complexity index is 570. The Balaban J connectivity index is 3.25. The van der Waals surface area contributed by atoms with E-state index >= 15 is 0 Å². The van der Waals surface area contributed by atoms with Gasteiger partial charge < -0.3 is 0 Å². The summed E-state index contributed by atoms with van der Waals surface area (Å²) in [5, 5.41) is 1.02. The fourth-order valence-electron chi connectivity index (χ4n) is 1.30. The zero-order valence-corrected chi connectivity index (χ0v) is 17.5. The van der Waals surface area contributed by atoms with Gasteiger partial charge in [-0.25, -0.2) is 13.1 Å². The molecular weight excluding hydrogens is 530 g/mol. The van der Waals surface area contributed by atoms with Crippen molar-refractivity contribution in [3.05, 3.63) is 26.6 Å². The van der Waals surface area contributed by atoms with Crippen LogP contribution in [0.1, 0.15) is 12.5 Å². The SMILES string of the molecule is Cc1cc(Br)c(S(=O)(=O)NC(C)(CBr)CBr)cc1Br. The third kappa shape index (κ3) is 4.51. The summed E-state index contributed by atoms with van der Waals surface area (Å²) >= 11 is 13.3. The van der Waals surface area contributed by atoms with E-state index in [1.165, 1.54) is 0 Å². The molecular formula is C11H13Br4NO2S. The number of alkyl halides is 2. The van der Waals surface area contributed by atoms with Gasteiger partial charge in [0, 0.05) is 25.1 Å². The Morgan fingerprint density at radius 2 is 1.68 bits per heavy atom. The molecule has 108 valence electrons. The van der Waals surface area contributed by atoms with Gasteiger partial charge in [0.25, 0.3) is 0 Å². The van der Waals surface area contributed by atoms with Gasteiger partial charge in [-0.2, -0.15) is 0 Å². The molecule has 0 aliphatic carbocycles. The van der Waals surface area contributed by atoms with Crippen molar-refractivity contribution in [2.24, 2.45) is 0 Å². The van der Waals surface area contributed by atoms with Crippen molar-refractivity contribution in [1.82, 2.24) is 4.72 Å². The zero-order valence-electron chi connectivity index (χ0n) is 10.3. The first kappa shape index (κ1) is 18.1. The average molecular weight is 543 g/mol. The predicted octanol–water partition coefficient (Wildman–Crippen LogP) is 4.35. The van der Waals surface area contributed by atoms with Gasteiger partial charge in [0.05, 0.1) is 4.90 Å². The fourth-order valence-corrected chi connectivity index (χ4v) is 5.97. The molecule has 1 aromatic rings. The third-order valence-electron chi connectivity index (χ3n) is 2.47. The van der Waals surface area contributed by atoms with Crippen LogP contribution in [0.5, 0.6) is 0 Å². The minimum absolute atomic E-state index is 0.220. The maximum atomic E-state index is 12.4. The van der Waals surface area contributed by atoms with E-state index in [4.69, 9.17) is 0 Å². The van der Waals surface area contributed by atoms with Crippen molar-refractivity contribution in [2.75, 3.05) is 10.7 Å². The lowest BCUT2D eigenvalue weighted by atomic mass is 10.1. The summed E-state index contributed by atoms with van der Waals surface area (Å²) in [6.45, 7) is 3.73. The van der Waals surface area contributed by atoms with E-state index in [1.54, 1.807) is 12.1 Å². The van der Waals surface area contributed by atoms with Crippen LogP contribution in [0.3, 0.4) is 0 Å². The molecule has 0 aromatic heterocycles. The summed E-state index contributed by atoms with van der Waals surface area (Å²) in [6.07, 6.45) is 0. The summed E-state index contributed by atoms with van der Waals surface area (Å²) in [4.78, 5) is 0.220. The quantitative estimate of drug-likeness (QED) is 0.563. The van der Waals surface area contributed by atoms with Crippen LogP contribution in [0.25, 0.3) is 0 Å². The second-order valence-corrected chi connectivity index (χ2v) is 8.95. The molecule has 0 spiro atoms. The fraction of sp³-hybridized carbons (Fsp3) is 0.455. The van der Waals surface area contributed by atoms with Crippen molar-refractivity contribution in [3.8, 4) is 0 Å². The van der Waals surface area contributed by atoms with Crippen LogP contribution in [0, 0.1) is 6.92 Å². The number of benzene rings is 1. The Hall–Kier alpha value is 1.05. The van der Waals surface area contributed by atoms with E-state index in [0.717, 1.165) is 10.0 Å². The first-order valence-electron chi connectivity index (χ1n) is 5.27. The van der Waals surface area contributed by atoms with Gasteiger partial charge in [0.2, 0.25) is 10.0 Å². The van der Waals surface area contributed by atoms with Gasteiger partial charge in [-0.05, 0) is 47.5 Å². The molecule has 0 aliphatic rings. The van der Waals surface area contributed by atoms with Gasteiger partial charge in [-0.3, -0.25) is 0 Å². The standard InChI is InChI=1S/C11H13Br4NO2S/c1-7-3-9(15)10(4-8(7)14)19(17,18)16-11(2,5-12)6-13/h3-4,16H,5-6H2,1-2H3. The first-order chi connectivity index (χ1) is 8.65. The highest BCUT2D eigenvalue weighted by Crippen LogP contribution is 2.29. The summed E-state index contributed by atoms with van der Waals surface area (Å²) in [6, 6.07) is 3.38. The van der Waals surface area contributed by atoms with Crippen LogP contribution < -0.4 is 4.72 Å². The van der Waals surface area contributed by atoms with Gasteiger partial charge in [-0.15, -0.1) is 0 Å². The molecule has 0 radical (unpaired) electrons. The van der Waals surface area contributed by atoms with Crippen molar-refractivity contribution in [2.45, 2.75) is 24.3 Å². The molecule has 0 aliphatic heterocycles. The van der Waals surface area contributed by atoms with Crippen molar-refractivity contribution >= 4 is 73.7 Å².